The quantitative estimate of drug-likeness (QED) is 0.343. The molecule has 2 rings (SSSR count). The van der Waals surface area contributed by atoms with E-state index in [0.717, 1.165) is 44.8 Å². The molecule has 2 atom stereocenters. The number of aliphatic imine (C=N–C) groups is 1. The maximum atomic E-state index is 11.8. The summed E-state index contributed by atoms with van der Waals surface area (Å²) in [6.07, 6.45) is 5.20. The Labute approximate surface area is 163 Å². The maximum Gasteiger partial charge on any atom is 0.211 e. The fourth-order valence-corrected chi connectivity index (χ4v) is 4.40. The first-order valence-corrected chi connectivity index (χ1v) is 10.3. The first-order chi connectivity index (χ1) is 10.8. The van der Waals surface area contributed by atoms with Crippen molar-refractivity contribution >= 4 is 40.0 Å². The SMILES string of the molecule is CCNC(=NCC1(C)CCCO1)NC[C@H]1CCCN1S(C)(=O)=O.I. The lowest BCUT2D eigenvalue weighted by molar-refractivity contribution is 0.0283. The summed E-state index contributed by atoms with van der Waals surface area (Å²) in [5.74, 6) is 0.726. The third kappa shape index (κ3) is 6.30. The van der Waals surface area contributed by atoms with Gasteiger partial charge in [-0.25, -0.2) is 8.42 Å². The van der Waals surface area contributed by atoms with E-state index in [-0.39, 0.29) is 35.6 Å². The number of nitrogens with zero attached hydrogens (tertiary/aromatic N) is 2. The monoisotopic (exact) mass is 474 g/mol. The zero-order chi connectivity index (χ0) is 16.9. The normalized spacial score (nSPS) is 28.6. The van der Waals surface area contributed by atoms with Crippen LogP contribution in [0.15, 0.2) is 4.99 Å². The highest BCUT2D eigenvalue weighted by Crippen LogP contribution is 2.25. The molecule has 2 saturated heterocycles. The highest BCUT2D eigenvalue weighted by atomic mass is 127. The largest absolute Gasteiger partial charge is 0.373 e. The number of nitrogens with one attached hydrogen (secondary N) is 2. The fraction of sp³-hybridized carbons (Fsp3) is 0.933. The number of rotatable bonds is 6. The minimum Gasteiger partial charge on any atom is -0.373 e. The molecular weight excluding hydrogens is 443 g/mol. The summed E-state index contributed by atoms with van der Waals surface area (Å²) >= 11 is 0. The molecule has 0 saturated carbocycles. The van der Waals surface area contributed by atoms with Crippen molar-refractivity contribution in [3.8, 4) is 0 Å². The topological polar surface area (TPSA) is 83.0 Å². The Morgan fingerprint density at radius 1 is 1.38 bits per heavy atom. The van der Waals surface area contributed by atoms with Crippen molar-refractivity contribution in [2.45, 2.75) is 51.2 Å². The number of hydrogen-bond acceptors (Lipinski definition) is 4. The van der Waals surface area contributed by atoms with Crippen LogP contribution in [-0.2, 0) is 14.8 Å². The van der Waals surface area contributed by atoms with Gasteiger partial charge >= 0.3 is 0 Å². The molecule has 1 unspecified atom stereocenters. The molecule has 0 bridgehead atoms. The van der Waals surface area contributed by atoms with E-state index in [0.29, 0.717) is 19.6 Å². The van der Waals surface area contributed by atoms with Gasteiger partial charge in [-0.2, -0.15) is 4.31 Å². The Hall–Kier alpha value is -0.130. The Bertz CT molecular complexity index is 521. The van der Waals surface area contributed by atoms with E-state index in [9.17, 15) is 8.42 Å². The summed E-state index contributed by atoms with van der Waals surface area (Å²) in [7, 11) is -3.13. The average Bonchev–Trinajstić information content (AvgIpc) is 3.11. The summed E-state index contributed by atoms with van der Waals surface area (Å²) in [5.41, 5.74) is -0.172. The van der Waals surface area contributed by atoms with E-state index in [1.807, 2.05) is 6.92 Å². The van der Waals surface area contributed by atoms with Crippen LogP contribution in [0.4, 0.5) is 0 Å². The summed E-state index contributed by atoms with van der Waals surface area (Å²) < 4.78 is 30.9. The van der Waals surface area contributed by atoms with Gasteiger partial charge in [0.25, 0.3) is 0 Å². The van der Waals surface area contributed by atoms with Crippen LogP contribution in [-0.4, -0.2) is 69.4 Å². The molecule has 0 aromatic rings. The second kappa shape index (κ2) is 9.54. The van der Waals surface area contributed by atoms with E-state index < -0.39 is 10.0 Å². The molecular formula is C15H31IN4O3S. The molecule has 0 aromatic heterocycles. The minimum absolute atomic E-state index is 0. The summed E-state index contributed by atoms with van der Waals surface area (Å²) in [6.45, 7) is 7.49. The maximum absolute atomic E-state index is 11.8. The Kier molecular flexibility index (Phi) is 8.71. The second-order valence-electron chi connectivity index (χ2n) is 6.65. The van der Waals surface area contributed by atoms with Crippen molar-refractivity contribution in [1.29, 1.82) is 0 Å². The number of halogens is 1. The Balaban J connectivity index is 0.00000288. The van der Waals surface area contributed by atoms with Crippen LogP contribution in [0, 0.1) is 0 Å². The van der Waals surface area contributed by atoms with Gasteiger partial charge < -0.3 is 15.4 Å². The molecule has 24 heavy (non-hydrogen) atoms. The molecule has 142 valence electrons. The van der Waals surface area contributed by atoms with Gasteiger partial charge in [0.2, 0.25) is 10.0 Å². The Morgan fingerprint density at radius 3 is 2.71 bits per heavy atom. The van der Waals surface area contributed by atoms with Crippen molar-refractivity contribution in [3.63, 3.8) is 0 Å². The first-order valence-electron chi connectivity index (χ1n) is 8.47. The Morgan fingerprint density at radius 2 is 2.12 bits per heavy atom. The van der Waals surface area contributed by atoms with Crippen molar-refractivity contribution in [3.05, 3.63) is 0 Å². The predicted octanol–water partition coefficient (Wildman–Crippen LogP) is 1.15. The van der Waals surface area contributed by atoms with Crippen molar-refractivity contribution in [2.75, 3.05) is 39.0 Å². The van der Waals surface area contributed by atoms with Crippen LogP contribution in [0.1, 0.15) is 39.5 Å². The smallest absolute Gasteiger partial charge is 0.211 e. The van der Waals surface area contributed by atoms with Crippen LogP contribution < -0.4 is 10.6 Å². The van der Waals surface area contributed by atoms with Crippen molar-refractivity contribution in [1.82, 2.24) is 14.9 Å². The second-order valence-corrected chi connectivity index (χ2v) is 8.58. The van der Waals surface area contributed by atoms with E-state index >= 15 is 0 Å². The number of guanidine groups is 1. The van der Waals surface area contributed by atoms with Crippen LogP contribution in [0.25, 0.3) is 0 Å². The number of sulfonamides is 1. The average molecular weight is 474 g/mol. The highest BCUT2D eigenvalue weighted by molar-refractivity contribution is 14.0. The summed E-state index contributed by atoms with van der Waals surface area (Å²) in [5, 5.41) is 6.50. The molecule has 9 heteroatoms. The lowest BCUT2D eigenvalue weighted by Gasteiger charge is -2.24. The van der Waals surface area contributed by atoms with Crippen molar-refractivity contribution in [2.24, 2.45) is 4.99 Å². The van der Waals surface area contributed by atoms with Crippen LogP contribution in [0.3, 0.4) is 0 Å². The molecule has 2 heterocycles. The van der Waals surface area contributed by atoms with Gasteiger partial charge in [-0.1, -0.05) is 0 Å². The van der Waals surface area contributed by atoms with E-state index in [1.165, 1.54) is 6.26 Å². The zero-order valence-electron chi connectivity index (χ0n) is 14.9. The molecule has 0 spiro atoms. The van der Waals surface area contributed by atoms with Gasteiger partial charge in [0.1, 0.15) is 0 Å². The summed E-state index contributed by atoms with van der Waals surface area (Å²) in [4.78, 5) is 4.62. The van der Waals surface area contributed by atoms with Gasteiger partial charge in [-0.15, -0.1) is 24.0 Å². The van der Waals surface area contributed by atoms with Gasteiger partial charge in [0.05, 0.1) is 18.4 Å². The van der Waals surface area contributed by atoms with Crippen molar-refractivity contribution < 1.29 is 13.2 Å². The van der Waals surface area contributed by atoms with Gasteiger partial charge in [-0.3, -0.25) is 4.99 Å². The molecule has 2 aliphatic rings. The molecule has 0 radical (unpaired) electrons. The molecule has 2 fully saturated rings. The number of ether oxygens (including phenoxy) is 1. The lowest BCUT2D eigenvalue weighted by atomic mass is 10.0. The number of hydrogen-bond donors (Lipinski definition) is 2. The van der Waals surface area contributed by atoms with Crippen LogP contribution in [0.5, 0.6) is 0 Å². The van der Waals surface area contributed by atoms with Gasteiger partial charge in [-0.05, 0) is 39.5 Å². The third-order valence-electron chi connectivity index (χ3n) is 4.47. The molecule has 0 aliphatic carbocycles. The third-order valence-corrected chi connectivity index (χ3v) is 5.80. The van der Waals surface area contributed by atoms with Crippen LogP contribution >= 0.6 is 24.0 Å². The standard InChI is InChI=1S/C15H30N4O3S.HI/c1-4-16-14(18-12-15(2)8-6-10-22-15)17-11-13-7-5-9-19(13)23(3,20)21;/h13H,4-12H2,1-3H3,(H2,16,17,18);1H/t13-,15?;/m1./s1. The highest BCUT2D eigenvalue weighted by Gasteiger charge is 2.32. The molecule has 2 N–H and O–H groups in total. The molecule has 0 aromatic carbocycles. The predicted molar refractivity (Wildman–Crippen MR) is 108 cm³/mol. The first kappa shape index (κ1) is 21.9. The molecule has 0 amide bonds. The lowest BCUT2D eigenvalue weighted by Crippen LogP contribution is -2.46. The minimum atomic E-state index is -3.13. The zero-order valence-corrected chi connectivity index (χ0v) is 18.0. The van der Waals surface area contributed by atoms with Gasteiger partial charge in [0, 0.05) is 32.3 Å². The van der Waals surface area contributed by atoms with Gasteiger partial charge in [0.15, 0.2) is 5.96 Å². The van der Waals surface area contributed by atoms with Crippen LogP contribution in [0.2, 0.25) is 0 Å². The van der Waals surface area contributed by atoms with E-state index in [4.69, 9.17) is 4.74 Å². The summed E-state index contributed by atoms with van der Waals surface area (Å²) in [6, 6.07) is 0.00664. The molecule has 2 aliphatic heterocycles. The fourth-order valence-electron chi connectivity index (χ4n) is 3.21. The van der Waals surface area contributed by atoms with E-state index in [1.54, 1.807) is 4.31 Å². The molecule has 7 nitrogen and oxygen atoms in total. The van der Waals surface area contributed by atoms with E-state index in [2.05, 4.69) is 22.5 Å².